The second-order valence-corrected chi connectivity index (χ2v) is 12.0. The molecule has 30 heavy (non-hydrogen) atoms. The number of para-hydroxylation sites is 2. The second kappa shape index (κ2) is 9.61. The first-order valence-corrected chi connectivity index (χ1v) is 13.0. The fourth-order valence-electron chi connectivity index (χ4n) is 3.40. The summed E-state index contributed by atoms with van der Waals surface area (Å²) in [5.41, 5.74) is 0. The summed E-state index contributed by atoms with van der Waals surface area (Å²) in [6, 6.07) is 17.1. The van der Waals surface area contributed by atoms with Crippen LogP contribution in [0, 0.1) is 0 Å². The van der Waals surface area contributed by atoms with Gasteiger partial charge in [0, 0.05) is 14.1 Å². The SMILES string of the molecule is C=CC(CC)N(P(=O)(Oc1ccccc1)Oc1ccccc1)[P+]1([O-])N(C)CCN1C. The summed E-state index contributed by atoms with van der Waals surface area (Å²) in [5.74, 6) is 0.744. The Bertz CT molecular complexity index is 829. The van der Waals surface area contributed by atoms with Crippen molar-refractivity contribution in [1.82, 2.24) is 13.8 Å². The van der Waals surface area contributed by atoms with Crippen LogP contribution < -0.4 is 13.9 Å². The molecule has 1 saturated heterocycles. The van der Waals surface area contributed by atoms with E-state index in [0.29, 0.717) is 31.0 Å². The maximum Gasteiger partial charge on any atom is 0.550 e. The van der Waals surface area contributed by atoms with Gasteiger partial charge in [-0.05, 0) is 35.1 Å². The third-order valence-electron chi connectivity index (χ3n) is 5.07. The van der Waals surface area contributed by atoms with Gasteiger partial charge in [0.15, 0.2) is 7.94 Å². The zero-order chi connectivity index (χ0) is 21.8. The van der Waals surface area contributed by atoms with Crippen molar-refractivity contribution >= 4 is 15.7 Å². The zero-order valence-electron chi connectivity index (χ0n) is 17.6. The molecule has 0 bridgehead atoms. The Morgan fingerprint density at radius 2 is 1.50 bits per heavy atom. The van der Waals surface area contributed by atoms with E-state index in [0.717, 1.165) is 0 Å². The average Bonchev–Trinajstić information content (AvgIpc) is 3.00. The van der Waals surface area contributed by atoms with Crippen LogP contribution in [0.3, 0.4) is 0 Å². The van der Waals surface area contributed by atoms with Gasteiger partial charge >= 0.3 is 7.75 Å². The Hall–Kier alpha value is -1.72. The minimum Gasteiger partial charge on any atom is -0.635 e. The lowest BCUT2D eigenvalue weighted by Crippen LogP contribution is -2.46. The molecule has 0 radical (unpaired) electrons. The van der Waals surface area contributed by atoms with E-state index in [4.69, 9.17) is 9.05 Å². The monoisotopic (exact) mass is 449 g/mol. The molecule has 9 heteroatoms. The number of likely N-dealkylation sites (N-methyl/N-ethyl adjacent to an activating group) is 2. The van der Waals surface area contributed by atoms with Crippen LogP contribution in [0.15, 0.2) is 73.3 Å². The van der Waals surface area contributed by atoms with Gasteiger partial charge in [-0.2, -0.15) is 9.34 Å². The number of benzene rings is 2. The number of rotatable bonds is 9. The van der Waals surface area contributed by atoms with E-state index in [1.54, 1.807) is 78.0 Å². The van der Waals surface area contributed by atoms with Gasteiger partial charge in [0.05, 0.1) is 19.1 Å². The summed E-state index contributed by atoms with van der Waals surface area (Å²) in [5, 5.41) is 0. The summed E-state index contributed by atoms with van der Waals surface area (Å²) in [6.45, 7) is 6.98. The van der Waals surface area contributed by atoms with Crippen molar-refractivity contribution in [2.75, 3.05) is 27.2 Å². The number of nitrogens with zero attached hydrogens (tertiary/aromatic N) is 3. The molecule has 1 heterocycles. The summed E-state index contributed by atoms with van der Waals surface area (Å²) in [6.07, 6.45) is 2.18. The molecule has 2 aromatic carbocycles. The molecular weight excluding hydrogens is 420 g/mol. The first-order chi connectivity index (χ1) is 14.3. The normalized spacial score (nSPS) is 18.3. The quantitative estimate of drug-likeness (QED) is 0.414. The van der Waals surface area contributed by atoms with Crippen LogP contribution in [-0.4, -0.2) is 47.0 Å². The van der Waals surface area contributed by atoms with E-state index in [9.17, 15) is 9.46 Å². The highest BCUT2D eigenvalue weighted by atomic mass is 31.3. The lowest BCUT2D eigenvalue weighted by molar-refractivity contribution is -0.199. The van der Waals surface area contributed by atoms with Gasteiger partial charge in [0.1, 0.15) is 11.5 Å². The number of hydrogen-bond donors (Lipinski definition) is 0. The largest absolute Gasteiger partial charge is 0.635 e. The highest BCUT2D eigenvalue weighted by Crippen LogP contribution is 2.74. The van der Waals surface area contributed by atoms with Gasteiger partial charge in [-0.25, -0.2) is 4.57 Å². The van der Waals surface area contributed by atoms with E-state index in [1.807, 2.05) is 19.1 Å². The number of hydrogen-bond acceptors (Lipinski definition) is 6. The molecule has 0 aliphatic carbocycles. The Labute approximate surface area is 179 Å². The van der Waals surface area contributed by atoms with E-state index in [2.05, 4.69) is 6.58 Å². The first-order valence-electron chi connectivity index (χ1n) is 9.90. The lowest BCUT2D eigenvalue weighted by atomic mass is 10.2. The van der Waals surface area contributed by atoms with Crippen molar-refractivity contribution in [2.45, 2.75) is 19.4 Å². The molecule has 0 aromatic heterocycles. The Balaban J connectivity index is 2.15. The first kappa shape index (κ1) is 23.0. The highest BCUT2D eigenvalue weighted by Gasteiger charge is 2.61. The van der Waals surface area contributed by atoms with Gasteiger partial charge in [-0.1, -0.05) is 49.4 Å². The zero-order valence-corrected chi connectivity index (χ0v) is 19.4. The average molecular weight is 449 g/mol. The molecule has 1 atom stereocenters. The molecule has 1 fully saturated rings. The maximum absolute atomic E-state index is 14.5. The van der Waals surface area contributed by atoms with Crippen LogP contribution in [0.25, 0.3) is 0 Å². The van der Waals surface area contributed by atoms with E-state index in [-0.39, 0.29) is 0 Å². The molecular formula is C21H29N3O4P2. The molecule has 0 N–H and O–H groups in total. The molecule has 0 spiro atoms. The van der Waals surface area contributed by atoms with Crippen molar-refractivity contribution in [3.05, 3.63) is 73.3 Å². The Kier molecular flexibility index (Phi) is 7.35. The van der Waals surface area contributed by atoms with Crippen LogP contribution >= 0.6 is 15.7 Å². The third kappa shape index (κ3) is 4.47. The maximum atomic E-state index is 14.5. The molecule has 162 valence electrons. The second-order valence-electron chi connectivity index (χ2n) is 7.08. The van der Waals surface area contributed by atoms with Gasteiger partial charge in [0.25, 0.3) is 0 Å². The minimum absolute atomic E-state index is 0.372. The van der Waals surface area contributed by atoms with Crippen molar-refractivity contribution in [2.24, 2.45) is 0 Å². The molecule has 1 unspecified atom stereocenters. The molecule has 0 amide bonds. The topological polar surface area (TPSA) is 68.3 Å². The highest BCUT2D eigenvalue weighted by molar-refractivity contribution is 7.73. The predicted molar refractivity (Wildman–Crippen MR) is 120 cm³/mol. The summed E-state index contributed by atoms with van der Waals surface area (Å²) in [7, 11) is -4.03. The lowest BCUT2D eigenvalue weighted by Gasteiger charge is -2.46. The van der Waals surface area contributed by atoms with Crippen LogP contribution in [0.5, 0.6) is 11.5 Å². The van der Waals surface area contributed by atoms with E-state index >= 15 is 0 Å². The summed E-state index contributed by atoms with van der Waals surface area (Å²) < 4.78 is 31.4. The predicted octanol–water partition coefficient (Wildman–Crippen LogP) is 4.43. The minimum atomic E-state index is -4.14. The summed E-state index contributed by atoms with van der Waals surface area (Å²) >= 11 is 0. The molecule has 2 aromatic rings. The fraction of sp³-hybridized carbons (Fsp3) is 0.333. The molecule has 1 aliphatic heterocycles. The van der Waals surface area contributed by atoms with E-state index < -0.39 is 21.7 Å². The standard InChI is InChI=1S/C21H29N3O4P2/c1-5-19(6-2)24(29(25)22(3)17-18-23(29)4)30(26,27-20-13-9-7-10-14-20)28-21-15-11-8-12-16-21/h5,7-16,19H,1,6,17-18H2,2-4H3. The van der Waals surface area contributed by atoms with Gasteiger partial charge in [-0.3, -0.25) is 0 Å². The third-order valence-corrected chi connectivity index (χ3v) is 11.1. The van der Waals surface area contributed by atoms with Crippen LogP contribution in [-0.2, 0) is 4.57 Å². The van der Waals surface area contributed by atoms with Gasteiger partial charge in [-0.15, -0.1) is 6.58 Å². The van der Waals surface area contributed by atoms with Crippen LogP contribution in [0.2, 0.25) is 0 Å². The smallest absolute Gasteiger partial charge is 0.550 e. The molecule has 0 saturated carbocycles. The van der Waals surface area contributed by atoms with Crippen molar-refractivity contribution in [3.63, 3.8) is 0 Å². The van der Waals surface area contributed by atoms with Crippen LogP contribution in [0.1, 0.15) is 13.3 Å². The Morgan fingerprint density at radius 1 is 1.07 bits per heavy atom. The van der Waals surface area contributed by atoms with Crippen molar-refractivity contribution in [1.29, 1.82) is 0 Å². The van der Waals surface area contributed by atoms with Gasteiger partial charge in [0.2, 0.25) is 0 Å². The Morgan fingerprint density at radius 3 is 1.87 bits per heavy atom. The van der Waals surface area contributed by atoms with Gasteiger partial charge < -0.3 is 13.9 Å². The van der Waals surface area contributed by atoms with Crippen molar-refractivity contribution < 1.29 is 18.5 Å². The summed E-state index contributed by atoms with van der Waals surface area (Å²) in [4.78, 5) is 14.4. The molecule has 1 aliphatic rings. The van der Waals surface area contributed by atoms with E-state index in [1.165, 1.54) is 4.44 Å². The van der Waals surface area contributed by atoms with Crippen molar-refractivity contribution in [3.8, 4) is 11.5 Å². The van der Waals surface area contributed by atoms with Crippen LogP contribution in [0.4, 0.5) is 0 Å². The molecule has 3 rings (SSSR count). The molecule has 7 nitrogen and oxygen atoms in total. The fourth-order valence-corrected chi connectivity index (χ4v) is 9.67.